The zero-order valence-electron chi connectivity index (χ0n) is 11.3. The van der Waals surface area contributed by atoms with E-state index in [0.29, 0.717) is 11.9 Å². The Hall–Kier alpha value is -1.97. The molecule has 0 aliphatic rings. The van der Waals surface area contributed by atoms with E-state index >= 15 is 0 Å². The topological polar surface area (TPSA) is 53.1 Å². The number of aryl methyl sites for hydroxylation is 1. The minimum Gasteiger partial charge on any atom is -0.496 e. The number of rotatable bonds is 3. The van der Waals surface area contributed by atoms with Gasteiger partial charge in [-0.05, 0) is 29.7 Å². The maximum atomic E-state index is 5.76. The Bertz CT molecular complexity index is 539. The molecule has 0 saturated heterocycles. The van der Waals surface area contributed by atoms with Gasteiger partial charge in [-0.1, -0.05) is 13.8 Å². The van der Waals surface area contributed by atoms with Crippen molar-refractivity contribution >= 4 is 5.95 Å². The number of nitrogens with two attached hydrogens (primary N) is 1. The predicted molar refractivity (Wildman–Crippen MR) is 73.7 cm³/mol. The maximum absolute atomic E-state index is 5.76. The second-order valence-corrected chi connectivity index (χ2v) is 4.71. The standard InChI is InChI=1S/C14H19N3O/c1-9(2)11-7-10(5-6-13(11)18-4)12-8-17(3)14(15)16-12/h5-9H,1-4H3,(H2,15,16). The molecule has 18 heavy (non-hydrogen) atoms. The molecule has 0 saturated carbocycles. The lowest BCUT2D eigenvalue weighted by Gasteiger charge is -2.12. The fraction of sp³-hybridized carbons (Fsp3) is 0.357. The second-order valence-electron chi connectivity index (χ2n) is 4.71. The highest BCUT2D eigenvalue weighted by Gasteiger charge is 2.11. The highest BCUT2D eigenvalue weighted by Crippen LogP contribution is 2.31. The van der Waals surface area contributed by atoms with E-state index in [4.69, 9.17) is 10.5 Å². The number of benzene rings is 1. The molecular formula is C14H19N3O. The van der Waals surface area contributed by atoms with Crippen molar-refractivity contribution in [2.24, 2.45) is 7.05 Å². The van der Waals surface area contributed by atoms with Crippen LogP contribution in [0.3, 0.4) is 0 Å². The number of anilines is 1. The second kappa shape index (κ2) is 4.72. The molecule has 1 heterocycles. The van der Waals surface area contributed by atoms with Crippen molar-refractivity contribution in [1.82, 2.24) is 9.55 Å². The molecular weight excluding hydrogens is 226 g/mol. The molecule has 0 atom stereocenters. The monoisotopic (exact) mass is 245 g/mol. The third-order valence-corrected chi connectivity index (χ3v) is 3.06. The molecule has 2 rings (SSSR count). The van der Waals surface area contributed by atoms with Gasteiger partial charge in [-0.3, -0.25) is 0 Å². The number of hydrogen-bond acceptors (Lipinski definition) is 3. The molecule has 4 nitrogen and oxygen atoms in total. The Kier molecular flexibility index (Phi) is 3.28. The first-order valence-electron chi connectivity index (χ1n) is 6.00. The molecule has 0 aliphatic heterocycles. The van der Waals surface area contributed by atoms with Crippen LogP contribution in [0.5, 0.6) is 5.75 Å². The van der Waals surface area contributed by atoms with Gasteiger partial charge in [0.05, 0.1) is 12.8 Å². The van der Waals surface area contributed by atoms with Gasteiger partial charge in [0, 0.05) is 18.8 Å². The third-order valence-electron chi connectivity index (χ3n) is 3.06. The van der Waals surface area contributed by atoms with Crippen molar-refractivity contribution < 1.29 is 4.74 Å². The molecule has 1 aromatic heterocycles. The summed E-state index contributed by atoms with van der Waals surface area (Å²) in [7, 11) is 3.58. The van der Waals surface area contributed by atoms with Crippen LogP contribution in [0.25, 0.3) is 11.3 Å². The number of nitrogens with zero attached hydrogens (tertiary/aromatic N) is 2. The van der Waals surface area contributed by atoms with Crippen molar-refractivity contribution in [1.29, 1.82) is 0 Å². The van der Waals surface area contributed by atoms with E-state index < -0.39 is 0 Å². The van der Waals surface area contributed by atoms with Crippen LogP contribution in [-0.4, -0.2) is 16.7 Å². The van der Waals surface area contributed by atoms with E-state index in [1.165, 1.54) is 5.56 Å². The fourth-order valence-electron chi connectivity index (χ4n) is 1.96. The maximum Gasteiger partial charge on any atom is 0.200 e. The number of methoxy groups -OCH3 is 1. The molecule has 0 aliphatic carbocycles. The van der Waals surface area contributed by atoms with E-state index in [1.807, 2.05) is 29.9 Å². The number of imidazole rings is 1. The smallest absolute Gasteiger partial charge is 0.200 e. The van der Waals surface area contributed by atoms with Crippen LogP contribution in [0, 0.1) is 0 Å². The first-order chi connectivity index (χ1) is 8.52. The summed E-state index contributed by atoms with van der Waals surface area (Å²) in [5.74, 6) is 1.84. The van der Waals surface area contributed by atoms with Crippen LogP contribution in [-0.2, 0) is 7.05 Å². The van der Waals surface area contributed by atoms with Crippen molar-refractivity contribution in [2.75, 3.05) is 12.8 Å². The van der Waals surface area contributed by atoms with Crippen LogP contribution < -0.4 is 10.5 Å². The Morgan fingerprint density at radius 1 is 1.33 bits per heavy atom. The number of aromatic nitrogens is 2. The van der Waals surface area contributed by atoms with Crippen molar-refractivity contribution in [2.45, 2.75) is 19.8 Å². The SMILES string of the molecule is COc1ccc(-c2cn(C)c(N)n2)cc1C(C)C. The lowest BCUT2D eigenvalue weighted by molar-refractivity contribution is 0.407. The van der Waals surface area contributed by atoms with Gasteiger partial charge in [-0.2, -0.15) is 0 Å². The van der Waals surface area contributed by atoms with E-state index in [-0.39, 0.29) is 0 Å². The van der Waals surface area contributed by atoms with E-state index in [1.54, 1.807) is 7.11 Å². The van der Waals surface area contributed by atoms with Crippen LogP contribution in [0.4, 0.5) is 5.95 Å². The van der Waals surface area contributed by atoms with Gasteiger partial charge in [0.1, 0.15) is 5.75 Å². The van der Waals surface area contributed by atoms with Gasteiger partial charge in [-0.15, -0.1) is 0 Å². The Morgan fingerprint density at radius 3 is 2.56 bits per heavy atom. The highest BCUT2D eigenvalue weighted by molar-refractivity contribution is 5.63. The molecule has 4 heteroatoms. The first kappa shape index (κ1) is 12.5. The van der Waals surface area contributed by atoms with Crippen LogP contribution >= 0.6 is 0 Å². The zero-order chi connectivity index (χ0) is 13.3. The molecule has 0 bridgehead atoms. The molecule has 0 amide bonds. The quantitative estimate of drug-likeness (QED) is 0.904. The van der Waals surface area contributed by atoms with E-state index in [9.17, 15) is 0 Å². The lowest BCUT2D eigenvalue weighted by Crippen LogP contribution is -1.95. The average molecular weight is 245 g/mol. The largest absolute Gasteiger partial charge is 0.496 e. The number of hydrogen-bond donors (Lipinski definition) is 1. The molecule has 0 unspecified atom stereocenters. The van der Waals surface area contributed by atoms with Gasteiger partial charge in [0.2, 0.25) is 0 Å². The highest BCUT2D eigenvalue weighted by atomic mass is 16.5. The molecule has 0 radical (unpaired) electrons. The summed E-state index contributed by atoms with van der Waals surface area (Å²) in [6.45, 7) is 4.29. The summed E-state index contributed by atoms with van der Waals surface area (Å²) < 4.78 is 7.19. The number of ether oxygens (including phenoxy) is 1. The molecule has 2 N–H and O–H groups in total. The summed E-state index contributed by atoms with van der Waals surface area (Å²) in [6.07, 6.45) is 1.93. The summed E-state index contributed by atoms with van der Waals surface area (Å²) >= 11 is 0. The normalized spacial score (nSPS) is 10.9. The van der Waals surface area contributed by atoms with Crippen LogP contribution in [0.1, 0.15) is 25.3 Å². The average Bonchev–Trinajstić information content (AvgIpc) is 2.68. The van der Waals surface area contributed by atoms with Gasteiger partial charge in [0.15, 0.2) is 5.95 Å². The van der Waals surface area contributed by atoms with Crippen molar-refractivity contribution in [3.05, 3.63) is 30.0 Å². The van der Waals surface area contributed by atoms with Gasteiger partial charge < -0.3 is 15.0 Å². The Balaban J connectivity index is 2.49. The third kappa shape index (κ3) is 2.18. The van der Waals surface area contributed by atoms with Crippen molar-refractivity contribution in [3.63, 3.8) is 0 Å². The number of nitrogen functional groups attached to an aromatic ring is 1. The summed E-state index contributed by atoms with van der Waals surface area (Å²) in [4.78, 5) is 4.34. The van der Waals surface area contributed by atoms with Crippen LogP contribution in [0.2, 0.25) is 0 Å². The molecule has 2 aromatic rings. The zero-order valence-corrected chi connectivity index (χ0v) is 11.3. The summed E-state index contributed by atoms with van der Waals surface area (Å²) in [6, 6.07) is 6.10. The minimum atomic E-state index is 0.404. The van der Waals surface area contributed by atoms with Gasteiger partial charge >= 0.3 is 0 Å². The molecule has 0 fully saturated rings. The van der Waals surface area contributed by atoms with E-state index in [0.717, 1.165) is 17.0 Å². The lowest BCUT2D eigenvalue weighted by atomic mass is 9.98. The van der Waals surface area contributed by atoms with E-state index in [2.05, 4.69) is 24.9 Å². The van der Waals surface area contributed by atoms with Gasteiger partial charge in [0.25, 0.3) is 0 Å². The Morgan fingerprint density at radius 2 is 2.06 bits per heavy atom. The molecule has 96 valence electrons. The summed E-state index contributed by atoms with van der Waals surface area (Å²) in [5, 5.41) is 0. The molecule has 1 aromatic carbocycles. The minimum absolute atomic E-state index is 0.404. The fourth-order valence-corrected chi connectivity index (χ4v) is 1.96. The Labute approximate surface area is 107 Å². The first-order valence-corrected chi connectivity index (χ1v) is 6.00. The van der Waals surface area contributed by atoms with Gasteiger partial charge in [-0.25, -0.2) is 4.98 Å². The molecule has 0 spiro atoms. The summed E-state index contributed by atoms with van der Waals surface area (Å²) in [5.41, 5.74) is 8.89. The predicted octanol–water partition coefficient (Wildman–Crippen LogP) is 2.80. The van der Waals surface area contributed by atoms with Crippen molar-refractivity contribution in [3.8, 4) is 17.0 Å². The van der Waals surface area contributed by atoms with Crippen LogP contribution in [0.15, 0.2) is 24.4 Å².